The molecule has 0 spiro atoms. The predicted molar refractivity (Wildman–Crippen MR) is 71.2 cm³/mol. The number of nitrogens with one attached hydrogen (secondary N) is 1. The summed E-state index contributed by atoms with van der Waals surface area (Å²) in [5.41, 5.74) is 0. The van der Waals surface area contributed by atoms with Crippen molar-refractivity contribution in [3.63, 3.8) is 0 Å². The van der Waals surface area contributed by atoms with Gasteiger partial charge in [0.1, 0.15) is 6.61 Å². The van der Waals surface area contributed by atoms with E-state index in [0.717, 1.165) is 12.8 Å². The number of ether oxygens (including phenoxy) is 1. The first-order chi connectivity index (χ1) is 8.52. The van der Waals surface area contributed by atoms with Crippen LogP contribution in [0.15, 0.2) is 0 Å². The minimum absolute atomic E-state index is 0.0172. The maximum Gasteiger partial charge on any atom is 0.246 e. The van der Waals surface area contributed by atoms with Crippen molar-refractivity contribution in [2.75, 3.05) is 13.2 Å². The van der Waals surface area contributed by atoms with Gasteiger partial charge in [0.25, 0.3) is 0 Å². The fourth-order valence-electron chi connectivity index (χ4n) is 2.32. The normalized spacial score (nSPS) is 27.6. The fraction of sp³-hybridized carbons (Fsp3) is 0.929. The molecule has 0 bridgehead atoms. The molecule has 0 radical (unpaired) electrons. The van der Waals surface area contributed by atoms with E-state index in [0.29, 0.717) is 5.92 Å². The van der Waals surface area contributed by atoms with Crippen molar-refractivity contribution in [2.24, 2.45) is 11.8 Å². The van der Waals surface area contributed by atoms with E-state index in [1.165, 1.54) is 12.8 Å². The van der Waals surface area contributed by atoms with E-state index in [-0.39, 0.29) is 37.2 Å². The molecule has 0 aromatic rings. The van der Waals surface area contributed by atoms with Crippen molar-refractivity contribution >= 4 is 5.91 Å². The molecule has 18 heavy (non-hydrogen) atoms. The lowest BCUT2D eigenvalue weighted by Crippen LogP contribution is -2.41. The zero-order valence-electron chi connectivity index (χ0n) is 11.8. The fourth-order valence-corrected chi connectivity index (χ4v) is 2.32. The van der Waals surface area contributed by atoms with E-state index in [4.69, 9.17) is 9.84 Å². The van der Waals surface area contributed by atoms with Crippen molar-refractivity contribution in [1.29, 1.82) is 0 Å². The van der Waals surface area contributed by atoms with Crippen LogP contribution in [0.5, 0.6) is 0 Å². The lowest BCUT2D eigenvalue weighted by atomic mass is 9.89. The molecule has 2 N–H and O–H groups in total. The van der Waals surface area contributed by atoms with Gasteiger partial charge >= 0.3 is 0 Å². The molecule has 1 amide bonds. The summed E-state index contributed by atoms with van der Waals surface area (Å²) in [6.45, 7) is 6.28. The molecule has 1 saturated carbocycles. The van der Waals surface area contributed by atoms with Gasteiger partial charge in [0.15, 0.2) is 0 Å². The maximum atomic E-state index is 11.7. The van der Waals surface area contributed by atoms with Crippen molar-refractivity contribution in [2.45, 2.75) is 58.6 Å². The van der Waals surface area contributed by atoms with E-state index < -0.39 is 0 Å². The van der Waals surface area contributed by atoms with Gasteiger partial charge in [0.05, 0.1) is 6.10 Å². The third-order valence-corrected chi connectivity index (χ3v) is 3.87. The van der Waals surface area contributed by atoms with Crippen molar-refractivity contribution in [3.05, 3.63) is 0 Å². The van der Waals surface area contributed by atoms with Gasteiger partial charge in [-0.15, -0.1) is 0 Å². The van der Waals surface area contributed by atoms with Gasteiger partial charge in [-0.25, -0.2) is 0 Å². The van der Waals surface area contributed by atoms with Gasteiger partial charge < -0.3 is 15.2 Å². The molecule has 0 aromatic heterocycles. The average Bonchev–Trinajstić information content (AvgIpc) is 2.35. The Kier molecular flexibility index (Phi) is 6.65. The molecule has 4 unspecified atom stereocenters. The summed E-state index contributed by atoms with van der Waals surface area (Å²) in [5.74, 6) is 0.699. The number of aliphatic hydroxyl groups excluding tert-OH is 1. The summed E-state index contributed by atoms with van der Waals surface area (Å²) < 4.78 is 5.65. The van der Waals surface area contributed by atoms with Crippen molar-refractivity contribution in [1.82, 2.24) is 5.32 Å². The van der Waals surface area contributed by atoms with Gasteiger partial charge in [0, 0.05) is 12.6 Å². The predicted octanol–water partition coefficient (Wildman–Crippen LogP) is 1.71. The van der Waals surface area contributed by atoms with Crippen molar-refractivity contribution < 1.29 is 14.6 Å². The SMILES string of the molecule is CC1CCCC(OCC(=O)NC(C)C(C)CO)C1. The monoisotopic (exact) mass is 257 g/mol. The molecule has 1 rings (SSSR count). The Balaban J connectivity index is 2.20. The third-order valence-electron chi connectivity index (χ3n) is 3.87. The van der Waals surface area contributed by atoms with E-state index >= 15 is 0 Å². The molecule has 1 fully saturated rings. The molecule has 4 atom stereocenters. The first kappa shape index (κ1) is 15.4. The second-order valence-corrected chi connectivity index (χ2v) is 5.72. The number of carbonyl (C=O) groups is 1. The second kappa shape index (κ2) is 7.74. The van der Waals surface area contributed by atoms with Gasteiger partial charge in [-0.05, 0) is 31.6 Å². The van der Waals surface area contributed by atoms with E-state index in [1.807, 2.05) is 13.8 Å². The number of amides is 1. The summed E-state index contributed by atoms with van der Waals surface area (Å²) >= 11 is 0. The summed E-state index contributed by atoms with van der Waals surface area (Å²) in [6.07, 6.45) is 4.85. The van der Waals surface area contributed by atoms with Gasteiger partial charge in [-0.3, -0.25) is 4.79 Å². The Morgan fingerprint density at radius 1 is 1.44 bits per heavy atom. The highest BCUT2D eigenvalue weighted by molar-refractivity contribution is 5.77. The zero-order valence-corrected chi connectivity index (χ0v) is 11.8. The van der Waals surface area contributed by atoms with Crippen LogP contribution < -0.4 is 5.32 Å². The number of rotatable bonds is 6. The first-order valence-corrected chi connectivity index (χ1v) is 7.04. The molecule has 4 heteroatoms. The number of carbonyl (C=O) groups excluding carboxylic acids is 1. The van der Waals surface area contributed by atoms with Crippen LogP contribution in [0, 0.1) is 11.8 Å². The Bertz CT molecular complexity index is 257. The van der Waals surface area contributed by atoms with Crippen LogP contribution in [-0.4, -0.2) is 36.4 Å². The third kappa shape index (κ3) is 5.36. The molecule has 4 nitrogen and oxygen atoms in total. The van der Waals surface area contributed by atoms with Crippen LogP contribution in [0.2, 0.25) is 0 Å². The molecule has 0 aromatic carbocycles. The number of aliphatic hydroxyl groups is 1. The summed E-state index contributed by atoms with van der Waals surface area (Å²) in [6, 6.07) is -0.0172. The van der Waals surface area contributed by atoms with E-state index in [9.17, 15) is 4.79 Å². The summed E-state index contributed by atoms with van der Waals surface area (Å²) in [5, 5.41) is 11.9. The minimum Gasteiger partial charge on any atom is -0.396 e. The van der Waals surface area contributed by atoms with Gasteiger partial charge in [-0.1, -0.05) is 26.7 Å². The van der Waals surface area contributed by atoms with E-state index in [1.54, 1.807) is 0 Å². The standard InChI is InChI=1S/C14H27NO3/c1-10-5-4-6-13(7-10)18-9-14(17)15-12(3)11(2)8-16/h10-13,16H,4-9H2,1-3H3,(H,15,17). The highest BCUT2D eigenvalue weighted by Crippen LogP contribution is 2.25. The van der Waals surface area contributed by atoms with Crippen LogP contribution in [-0.2, 0) is 9.53 Å². The molecular weight excluding hydrogens is 230 g/mol. The molecule has 0 saturated heterocycles. The largest absolute Gasteiger partial charge is 0.396 e. The first-order valence-electron chi connectivity index (χ1n) is 7.04. The highest BCUT2D eigenvalue weighted by Gasteiger charge is 2.21. The zero-order chi connectivity index (χ0) is 13.5. The van der Waals surface area contributed by atoms with Crippen molar-refractivity contribution in [3.8, 4) is 0 Å². The topological polar surface area (TPSA) is 58.6 Å². The quantitative estimate of drug-likeness (QED) is 0.761. The van der Waals surface area contributed by atoms with Crippen LogP contribution in [0.3, 0.4) is 0 Å². The van der Waals surface area contributed by atoms with Crippen LogP contribution in [0.4, 0.5) is 0 Å². The molecule has 106 valence electrons. The maximum absolute atomic E-state index is 11.7. The smallest absolute Gasteiger partial charge is 0.246 e. The lowest BCUT2D eigenvalue weighted by Gasteiger charge is -2.27. The van der Waals surface area contributed by atoms with Gasteiger partial charge in [-0.2, -0.15) is 0 Å². The average molecular weight is 257 g/mol. The van der Waals surface area contributed by atoms with Crippen LogP contribution in [0.1, 0.15) is 46.5 Å². The Morgan fingerprint density at radius 2 is 2.17 bits per heavy atom. The molecule has 1 aliphatic rings. The molecule has 1 aliphatic carbocycles. The Labute approximate surface area is 110 Å². The molecule has 0 heterocycles. The Morgan fingerprint density at radius 3 is 2.78 bits per heavy atom. The Hall–Kier alpha value is -0.610. The highest BCUT2D eigenvalue weighted by atomic mass is 16.5. The second-order valence-electron chi connectivity index (χ2n) is 5.72. The molecular formula is C14H27NO3. The molecule has 0 aliphatic heterocycles. The lowest BCUT2D eigenvalue weighted by molar-refractivity contribution is -0.129. The summed E-state index contributed by atoms with van der Waals surface area (Å²) in [7, 11) is 0. The van der Waals surface area contributed by atoms with Crippen LogP contribution in [0.25, 0.3) is 0 Å². The van der Waals surface area contributed by atoms with E-state index in [2.05, 4.69) is 12.2 Å². The van der Waals surface area contributed by atoms with Gasteiger partial charge in [0.2, 0.25) is 5.91 Å². The number of hydrogen-bond acceptors (Lipinski definition) is 3. The minimum atomic E-state index is -0.0824. The number of hydrogen-bond donors (Lipinski definition) is 2. The summed E-state index contributed by atoms with van der Waals surface area (Å²) in [4.78, 5) is 11.7. The van der Waals surface area contributed by atoms with Crippen LogP contribution >= 0.6 is 0 Å².